The molecule has 1 aliphatic heterocycles. The molecule has 1 aliphatic rings. The molecule has 0 aromatic carbocycles. The Morgan fingerprint density at radius 3 is 3.00 bits per heavy atom. The smallest absolute Gasteiger partial charge is 0.161 e. The molecule has 0 saturated heterocycles. The Hall–Kier alpha value is -1.12. The minimum Gasteiger partial charge on any atom is -0.479 e. The summed E-state index contributed by atoms with van der Waals surface area (Å²) in [5.74, 6) is 0.939. The first-order chi connectivity index (χ1) is 4.72. The Kier molecular flexibility index (Phi) is 1.85. The zero-order chi connectivity index (χ0) is 7.56. The molecule has 0 saturated carbocycles. The Labute approximate surface area is 61.2 Å². The van der Waals surface area contributed by atoms with Crippen molar-refractivity contribution in [2.24, 2.45) is 0 Å². The maximum absolute atomic E-state index is 5.09. The van der Waals surface area contributed by atoms with Crippen molar-refractivity contribution >= 4 is 0 Å². The normalized spacial score (nSPS) is 18.8. The third kappa shape index (κ3) is 1.23. The molecule has 0 aliphatic carbocycles. The summed E-state index contributed by atoms with van der Waals surface area (Å²) in [5.41, 5.74) is 0. The lowest BCUT2D eigenvalue weighted by Crippen LogP contribution is -2.25. The zero-order valence-corrected chi connectivity index (χ0v) is 6.37. The average Bonchev–Trinajstić information content (AvgIpc) is 2.04. The lowest BCUT2D eigenvalue weighted by atomic mass is 10.6. The lowest BCUT2D eigenvalue weighted by molar-refractivity contribution is 0.136. The van der Waals surface area contributed by atoms with E-state index in [2.05, 4.69) is 6.58 Å². The van der Waals surface area contributed by atoms with E-state index in [1.165, 1.54) is 0 Å². The molecule has 1 heterocycles. The van der Waals surface area contributed by atoms with Crippen LogP contribution in [0.4, 0.5) is 0 Å². The molecule has 0 unspecified atom stereocenters. The SMILES string of the molecule is C=C1N(C)C=COCN1C. The summed E-state index contributed by atoms with van der Waals surface area (Å²) in [6, 6.07) is 0. The Balaban J connectivity index is 2.67. The maximum atomic E-state index is 5.09. The highest BCUT2D eigenvalue weighted by Crippen LogP contribution is 2.07. The second-order valence-corrected chi connectivity index (χ2v) is 2.31. The largest absolute Gasteiger partial charge is 0.479 e. The molecule has 0 aromatic rings. The highest BCUT2D eigenvalue weighted by atomic mass is 16.5. The zero-order valence-electron chi connectivity index (χ0n) is 6.37. The molecule has 0 amide bonds. The molecule has 0 bridgehead atoms. The molecule has 3 heteroatoms. The standard InChI is InChI=1S/C7H12N2O/c1-7-8(2)4-5-10-6-9(7)3/h4-5H,1,6H2,2-3H3. The number of hydrogen-bond acceptors (Lipinski definition) is 3. The summed E-state index contributed by atoms with van der Waals surface area (Å²) in [6.07, 6.45) is 3.50. The quantitative estimate of drug-likeness (QED) is 0.494. The number of rotatable bonds is 0. The van der Waals surface area contributed by atoms with Crippen molar-refractivity contribution in [2.75, 3.05) is 20.8 Å². The molecule has 0 spiro atoms. The first-order valence-corrected chi connectivity index (χ1v) is 3.13. The highest BCUT2D eigenvalue weighted by Gasteiger charge is 2.06. The van der Waals surface area contributed by atoms with Gasteiger partial charge in [0.2, 0.25) is 0 Å². The predicted molar refractivity (Wildman–Crippen MR) is 39.8 cm³/mol. The van der Waals surface area contributed by atoms with Gasteiger partial charge in [-0.25, -0.2) is 0 Å². The summed E-state index contributed by atoms with van der Waals surface area (Å²) in [6.45, 7) is 4.43. The van der Waals surface area contributed by atoms with Gasteiger partial charge in [0.05, 0.1) is 0 Å². The van der Waals surface area contributed by atoms with Crippen LogP contribution < -0.4 is 0 Å². The van der Waals surface area contributed by atoms with Gasteiger partial charge in [0.25, 0.3) is 0 Å². The van der Waals surface area contributed by atoms with Crippen molar-refractivity contribution in [3.05, 3.63) is 24.9 Å². The Morgan fingerprint density at radius 1 is 1.60 bits per heavy atom. The van der Waals surface area contributed by atoms with Crippen molar-refractivity contribution in [1.82, 2.24) is 9.80 Å². The highest BCUT2D eigenvalue weighted by molar-refractivity contribution is 4.97. The summed E-state index contributed by atoms with van der Waals surface area (Å²) < 4.78 is 5.09. The molecular weight excluding hydrogens is 128 g/mol. The summed E-state index contributed by atoms with van der Waals surface area (Å²) in [7, 11) is 3.87. The fraction of sp³-hybridized carbons (Fsp3) is 0.429. The van der Waals surface area contributed by atoms with E-state index in [9.17, 15) is 0 Å². The Bertz CT molecular complexity index is 165. The van der Waals surface area contributed by atoms with E-state index in [0.29, 0.717) is 6.73 Å². The van der Waals surface area contributed by atoms with Gasteiger partial charge in [-0.2, -0.15) is 0 Å². The molecule has 10 heavy (non-hydrogen) atoms. The monoisotopic (exact) mass is 140 g/mol. The number of nitrogens with zero attached hydrogens (tertiary/aromatic N) is 2. The minimum atomic E-state index is 0.569. The number of hydrogen-bond donors (Lipinski definition) is 0. The van der Waals surface area contributed by atoms with Gasteiger partial charge in [-0.15, -0.1) is 0 Å². The molecule has 56 valence electrons. The Morgan fingerprint density at radius 2 is 2.30 bits per heavy atom. The van der Waals surface area contributed by atoms with Crippen LogP contribution in [-0.4, -0.2) is 30.6 Å². The van der Waals surface area contributed by atoms with Crippen molar-refractivity contribution in [3.8, 4) is 0 Å². The van der Waals surface area contributed by atoms with Crippen molar-refractivity contribution in [1.29, 1.82) is 0 Å². The second-order valence-electron chi connectivity index (χ2n) is 2.31. The molecular formula is C7H12N2O. The van der Waals surface area contributed by atoms with Crippen LogP contribution in [-0.2, 0) is 4.74 Å². The molecule has 3 nitrogen and oxygen atoms in total. The van der Waals surface area contributed by atoms with E-state index in [1.54, 1.807) is 6.26 Å². The first-order valence-electron chi connectivity index (χ1n) is 3.13. The summed E-state index contributed by atoms with van der Waals surface area (Å²) >= 11 is 0. The third-order valence-corrected chi connectivity index (χ3v) is 1.50. The molecule has 0 N–H and O–H groups in total. The fourth-order valence-corrected chi connectivity index (χ4v) is 0.719. The van der Waals surface area contributed by atoms with Gasteiger partial charge >= 0.3 is 0 Å². The van der Waals surface area contributed by atoms with E-state index in [1.807, 2.05) is 30.1 Å². The lowest BCUT2D eigenvalue weighted by Gasteiger charge is -2.23. The third-order valence-electron chi connectivity index (χ3n) is 1.50. The van der Waals surface area contributed by atoms with Crippen LogP contribution in [0.5, 0.6) is 0 Å². The first kappa shape index (κ1) is 6.99. The van der Waals surface area contributed by atoms with Crippen LogP contribution in [0.25, 0.3) is 0 Å². The van der Waals surface area contributed by atoms with Gasteiger partial charge in [-0.1, -0.05) is 6.58 Å². The maximum Gasteiger partial charge on any atom is 0.161 e. The van der Waals surface area contributed by atoms with Crippen molar-refractivity contribution < 1.29 is 4.74 Å². The van der Waals surface area contributed by atoms with Crippen LogP contribution in [0.3, 0.4) is 0 Å². The van der Waals surface area contributed by atoms with Crippen molar-refractivity contribution in [3.63, 3.8) is 0 Å². The van der Waals surface area contributed by atoms with Crippen LogP contribution >= 0.6 is 0 Å². The van der Waals surface area contributed by atoms with Gasteiger partial charge < -0.3 is 14.5 Å². The molecule has 1 rings (SSSR count). The predicted octanol–water partition coefficient (Wildman–Crippen LogP) is 0.780. The van der Waals surface area contributed by atoms with Gasteiger partial charge in [-0.05, 0) is 0 Å². The van der Waals surface area contributed by atoms with Crippen molar-refractivity contribution in [2.45, 2.75) is 0 Å². The van der Waals surface area contributed by atoms with Crippen LogP contribution in [0.15, 0.2) is 24.9 Å². The van der Waals surface area contributed by atoms with Gasteiger partial charge in [-0.3, -0.25) is 0 Å². The summed E-state index contributed by atoms with van der Waals surface area (Å²) in [4.78, 5) is 3.84. The summed E-state index contributed by atoms with van der Waals surface area (Å²) in [5, 5.41) is 0. The van der Waals surface area contributed by atoms with Crippen LogP contribution in [0, 0.1) is 0 Å². The molecule has 0 aromatic heterocycles. The molecule has 0 fully saturated rings. The average molecular weight is 140 g/mol. The topological polar surface area (TPSA) is 15.7 Å². The van der Waals surface area contributed by atoms with Crippen LogP contribution in [0.2, 0.25) is 0 Å². The van der Waals surface area contributed by atoms with Gasteiger partial charge in [0.1, 0.15) is 12.1 Å². The van der Waals surface area contributed by atoms with Gasteiger partial charge in [0, 0.05) is 20.3 Å². The van der Waals surface area contributed by atoms with E-state index in [0.717, 1.165) is 5.82 Å². The van der Waals surface area contributed by atoms with Crippen LogP contribution in [0.1, 0.15) is 0 Å². The fourth-order valence-electron chi connectivity index (χ4n) is 0.719. The van der Waals surface area contributed by atoms with E-state index >= 15 is 0 Å². The number of ether oxygens (including phenoxy) is 1. The van der Waals surface area contributed by atoms with Gasteiger partial charge in [0.15, 0.2) is 6.73 Å². The second kappa shape index (κ2) is 2.64. The van der Waals surface area contributed by atoms with E-state index in [4.69, 9.17) is 4.74 Å². The van der Waals surface area contributed by atoms with E-state index < -0.39 is 0 Å². The molecule has 0 radical (unpaired) electrons. The van der Waals surface area contributed by atoms with E-state index in [-0.39, 0.29) is 0 Å². The molecule has 0 atom stereocenters. The minimum absolute atomic E-state index is 0.569.